The average molecular weight is 625 g/mol. The quantitative estimate of drug-likeness (QED) is 0.281. The van der Waals surface area contributed by atoms with E-state index in [9.17, 15) is 19.8 Å². The molecule has 0 heterocycles. The molecule has 37 heavy (non-hydrogen) atoms. The SMILES string of the molecule is O=C(NCCO)C1=C[C@H](Oc2ccccc2I)[C@@H](O)[C@H](N(C(=O)CC2CCCC2)C2CCCCCC2)C1. The number of para-hydroxylation sites is 1. The average Bonchev–Trinajstić information content (AvgIpc) is 3.26. The van der Waals surface area contributed by atoms with E-state index in [1.807, 2.05) is 29.2 Å². The van der Waals surface area contributed by atoms with Gasteiger partial charge in [-0.15, -0.1) is 0 Å². The summed E-state index contributed by atoms with van der Waals surface area (Å²) in [6.07, 6.45) is 11.6. The van der Waals surface area contributed by atoms with Crippen LogP contribution in [0.25, 0.3) is 0 Å². The van der Waals surface area contributed by atoms with Gasteiger partial charge in [0, 0.05) is 31.0 Å². The maximum atomic E-state index is 13.9. The van der Waals surface area contributed by atoms with E-state index in [4.69, 9.17) is 4.74 Å². The van der Waals surface area contributed by atoms with Gasteiger partial charge in [-0.3, -0.25) is 9.59 Å². The molecule has 1 aromatic carbocycles. The molecule has 4 rings (SSSR count). The van der Waals surface area contributed by atoms with Crippen LogP contribution in [-0.4, -0.2) is 64.4 Å². The minimum Gasteiger partial charge on any atom is -0.482 e. The maximum Gasteiger partial charge on any atom is 0.247 e. The second-order valence-corrected chi connectivity index (χ2v) is 11.9. The molecule has 0 saturated heterocycles. The van der Waals surface area contributed by atoms with Gasteiger partial charge >= 0.3 is 0 Å². The topological polar surface area (TPSA) is 99.1 Å². The van der Waals surface area contributed by atoms with Crippen molar-refractivity contribution in [1.29, 1.82) is 0 Å². The summed E-state index contributed by atoms with van der Waals surface area (Å²) in [6, 6.07) is 7.12. The molecule has 0 radical (unpaired) electrons. The van der Waals surface area contributed by atoms with Crippen molar-refractivity contribution in [3.63, 3.8) is 0 Å². The van der Waals surface area contributed by atoms with Crippen molar-refractivity contribution in [2.24, 2.45) is 5.92 Å². The minimum absolute atomic E-state index is 0.0633. The van der Waals surface area contributed by atoms with Crippen molar-refractivity contribution in [2.45, 2.75) is 101 Å². The lowest BCUT2D eigenvalue weighted by Crippen LogP contribution is -2.58. The summed E-state index contributed by atoms with van der Waals surface area (Å²) in [5, 5.41) is 23.7. The largest absolute Gasteiger partial charge is 0.482 e. The van der Waals surface area contributed by atoms with Gasteiger partial charge in [-0.1, -0.05) is 50.7 Å². The molecule has 0 aliphatic heterocycles. The van der Waals surface area contributed by atoms with Crippen molar-refractivity contribution in [3.05, 3.63) is 39.5 Å². The van der Waals surface area contributed by atoms with Gasteiger partial charge in [0.05, 0.1) is 16.2 Å². The Hall–Kier alpha value is -1.65. The van der Waals surface area contributed by atoms with E-state index in [1.54, 1.807) is 6.08 Å². The number of aliphatic hydroxyl groups is 2. The van der Waals surface area contributed by atoms with Gasteiger partial charge in [-0.2, -0.15) is 0 Å². The van der Waals surface area contributed by atoms with Crippen LogP contribution in [0.1, 0.15) is 77.0 Å². The molecule has 2 fully saturated rings. The highest BCUT2D eigenvalue weighted by Crippen LogP contribution is 2.35. The van der Waals surface area contributed by atoms with Gasteiger partial charge in [-0.25, -0.2) is 0 Å². The predicted molar refractivity (Wildman–Crippen MR) is 151 cm³/mol. The number of rotatable bonds is 9. The van der Waals surface area contributed by atoms with Crippen LogP contribution in [0.5, 0.6) is 5.75 Å². The zero-order chi connectivity index (χ0) is 26.2. The fourth-order valence-electron chi connectivity index (χ4n) is 6.20. The Kier molecular flexibility index (Phi) is 10.7. The van der Waals surface area contributed by atoms with Gasteiger partial charge < -0.3 is 25.2 Å². The van der Waals surface area contributed by atoms with Crippen molar-refractivity contribution in [2.75, 3.05) is 13.2 Å². The highest BCUT2D eigenvalue weighted by Gasteiger charge is 2.43. The number of halogens is 1. The third-order valence-electron chi connectivity index (χ3n) is 8.12. The van der Waals surface area contributed by atoms with E-state index in [1.165, 1.54) is 25.7 Å². The molecule has 2 amide bonds. The Morgan fingerprint density at radius 1 is 1.03 bits per heavy atom. The lowest BCUT2D eigenvalue weighted by atomic mass is 9.86. The fraction of sp³-hybridized carbons (Fsp3) is 0.655. The van der Waals surface area contributed by atoms with Crippen LogP contribution < -0.4 is 10.1 Å². The minimum atomic E-state index is -0.957. The summed E-state index contributed by atoms with van der Waals surface area (Å²) in [7, 11) is 0. The first-order valence-corrected chi connectivity index (χ1v) is 15.1. The first kappa shape index (κ1) is 28.4. The number of benzene rings is 1. The molecule has 204 valence electrons. The molecule has 0 bridgehead atoms. The Bertz CT molecular complexity index is 940. The van der Waals surface area contributed by atoms with Crippen LogP contribution >= 0.6 is 22.6 Å². The molecule has 0 unspecified atom stereocenters. The van der Waals surface area contributed by atoms with Crippen molar-refractivity contribution < 1.29 is 24.5 Å². The van der Waals surface area contributed by atoms with Gasteiger partial charge in [0.25, 0.3) is 0 Å². The third-order valence-corrected chi connectivity index (χ3v) is 9.01. The monoisotopic (exact) mass is 624 g/mol. The summed E-state index contributed by atoms with van der Waals surface area (Å²) in [6.45, 7) is -0.000261. The van der Waals surface area contributed by atoms with Crippen LogP contribution in [0.15, 0.2) is 35.9 Å². The third kappa shape index (κ3) is 7.47. The van der Waals surface area contributed by atoms with Crippen LogP contribution in [-0.2, 0) is 9.59 Å². The first-order valence-electron chi connectivity index (χ1n) is 14.0. The molecule has 3 aliphatic rings. The highest BCUT2D eigenvalue weighted by molar-refractivity contribution is 14.1. The molecule has 3 aliphatic carbocycles. The van der Waals surface area contributed by atoms with Gasteiger partial charge in [0.2, 0.25) is 11.8 Å². The molecule has 2 saturated carbocycles. The first-order chi connectivity index (χ1) is 18.0. The van der Waals surface area contributed by atoms with Gasteiger partial charge in [0.1, 0.15) is 18.0 Å². The maximum absolute atomic E-state index is 13.9. The van der Waals surface area contributed by atoms with Crippen LogP contribution in [0.3, 0.4) is 0 Å². The number of carbonyl (C=O) groups excluding carboxylic acids is 2. The number of carbonyl (C=O) groups is 2. The summed E-state index contributed by atoms with van der Waals surface area (Å²) in [5.41, 5.74) is 0.493. The Balaban J connectivity index is 1.65. The van der Waals surface area contributed by atoms with E-state index < -0.39 is 18.2 Å². The lowest BCUT2D eigenvalue weighted by molar-refractivity contribution is -0.143. The zero-order valence-corrected chi connectivity index (χ0v) is 23.8. The molecular formula is C29H41IN2O5. The molecule has 0 aromatic heterocycles. The Labute approximate surface area is 234 Å². The number of amides is 2. The molecular weight excluding hydrogens is 583 g/mol. The Morgan fingerprint density at radius 2 is 1.70 bits per heavy atom. The van der Waals surface area contributed by atoms with Crippen molar-refractivity contribution in [3.8, 4) is 5.75 Å². The van der Waals surface area contributed by atoms with Crippen molar-refractivity contribution in [1.82, 2.24) is 10.2 Å². The molecule has 0 spiro atoms. The number of aliphatic hydroxyl groups excluding tert-OH is 2. The zero-order valence-electron chi connectivity index (χ0n) is 21.6. The summed E-state index contributed by atoms with van der Waals surface area (Å²) >= 11 is 2.20. The molecule has 7 nitrogen and oxygen atoms in total. The normalized spacial score (nSPS) is 25.3. The van der Waals surface area contributed by atoms with Crippen LogP contribution in [0.4, 0.5) is 0 Å². The number of hydrogen-bond donors (Lipinski definition) is 3. The fourth-order valence-corrected chi connectivity index (χ4v) is 6.71. The summed E-state index contributed by atoms with van der Waals surface area (Å²) in [5.74, 6) is 0.860. The number of ether oxygens (including phenoxy) is 1. The van der Waals surface area contributed by atoms with Gasteiger partial charge in [0.15, 0.2) is 0 Å². The lowest BCUT2D eigenvalue weighted by Gasteiger charge is -2.44. The molecule has 1 aromatic rings. The molecule has 3 atom stereocenters. The smallest absolute Gasteiger partial charge is 0.247 e. The van der Waals surface area contributed by atoms with Gasteiger partial charge in [-0.05, 0) is 72.4 Å². The van der Waals surface area contributed by atoms with Crippen LogP contribution in [0, 0.1) is 9.49 Å². The van der Waals surface area contributed by atoms with E-state index in [0.717, 1.165) is 42.1 Å². The standard InChI is InChI=1S/C29H41IN2O5/c30-23-13-7-8-14-25(23)37-26-19-21(29(36)31-15-16-33)18-24(28(26)35)32(22-11-3-1-2-4-12-22)27(34)17-20-9-5-6-10-20/h7-8,13-14,19-20,22,24,26,28,33,35H,1-6,9-12,15-18H2,(H,31,36)/t24-,26+,28+/m1/s1. The Morgan fingerprint density at radius 3 is 2.38 bits per heavy atom. The number of nitrogens with zero attached hydrogens (tertiary/aromatic N) is 1. The van der Waals surface area contributed by atoms with E-state index in [-0.39, 0.29) is 37.4 Å². The number of hydrogen-bond acceptors (Lipinski definition) is 5. The van der Waals surface area contributed by atoms with E-state index in [2.05, 4.69) is 27.9 Å². The highest BCUT2D eigenvalue weighted by atomic mass is 127. The molecule has 3 N–H and O–H groups in total. The predicted octanol–water partition coefficient (Wildman–Crippen LogP) is 4.34. The summed E-state index contributed by atoms with van der Waals surface area (Å²) < 4.78 is 7.20. The van der Waals surface area contributed by atoms with Crippen molar-refractivity contribution >= 4 is 34.4 Å². The second kappa shape index (κ2) is 13.9. The number of nitrogens with one attached hydrogen (secondary N) is 1. The molecule has 8 heteroatoms. The van der Waals surface area contributed by atoms with E-state index in [0.29, 0.717) is 23.7 Å². The second-order valence-electron chi connectivity index (χ2n) is 10.7. The summed E-state index contributed by atoms with van der Waals surface area (Å²) in [4.78, 5) is 29.0. The van der Waals surface area contributed by atoms with E-state index >= 15 is 0 Å². The van der Waals surface area contributed by atoms with Crippen LogP contribution in [0.2, 0.25) is 0 Å².